The molecule has 4 rings (SSSR count). The highest BCUT2D eigenvalue weighted by molar-refractivity contribution is 6.11. The van der Waals surface area contributed by atoms with Crippen molar-refractivity contribution < 1.29 is 19.2 Å². The first-order chi connectivity index (χ1) is 12.5. The molecule has 3 heterocycles. The van der Waals surface area contributed by atoms with Crippen LogP contribution in [0.5, 0.6) is 0 Å². The van der Waals surface area contributed by atoms with Gasteiger partial charge in [-0.05, 0) is 36.8 Å². The molecule has 0 saturated carbocycles. The first-order valence-corrected chi connectivity index (χ1v) is 9.29. The molecule has 1 aromatic carbocycles. The maximum atomic E-state index is 12.4. The molecule has 1 saturated heterocycles. The van der Waals surface area contributed by atoms with Gasteiger partial charge in [0.15, 0.2) is 0 Å². The molecular formula is C20H24N2O4. The van der Waals surface area contributed by atoms with Crippen LogP contribution in [0, 0.1) is 0 Å². The van der Waals surface area contributed by atoms with E-state index in [9.17, 15) is 19.2 Å². The Morgan fingerprint density at radius 2 is 1.23 bits per heavy atom. The fourth-order valence-corrected chi connectivity index (χ4v) is 3.44. The minimum Gasteiger partial charge on any atom is -0.334 e. The van der Waals surface area contributed by atoms with Crippen LogP contribution < -0.4 is 0 Å². The summed E-state index contributed by atoms with van der Waals surface area (Å²) < 4.78 is 0. The lowest BCUT2D eigenvalue weighted by molar-refractivity contribution is -0.153. The van der Waals surface area contributed by atoms with Gasteiger partial charge < -0.3 is 4.90 Å². The zero-order chi connectivity index (χ0) is 18.5. The third kappa shape index (κ3) is 4.36. The monoisotopic (exact) mass is 356 g/mol. The van der Waals surface area contributed by atoms with Gasteiger partial charge in [-0.3, -0.25) is 19.2 Å². The number of carbonyl (C=O) groups is 4. The molecule has 0 radical (unpaired) electrons. The summed E-state index contributed by atoms with van der Waals surface area (Å²) in [5, 5.41) is 0. The van der Waals surface area contributed by atoms with Crippen LogP contribution in [-0.4, -0.2) is 33.4 Å². The third-order valence-electron chi connectivity index (χ3n) is 4.93. The van der Waals surface area contributed by atoms with Crippen LogP contribution in [-0.2, 0) is 32.3 Å². The molecule has 2 bridgehead atoms. The minimum atomic E-state index is -0.429. The number of carbonyl (C=O) groups excluding carboxylic acids is 4. The smallest absolute Gasteiger partial charge is 0.236 e. The second kappa shape index (κ2) is 8.25. The molecule has 4 amide bonds. The van der Waals surface area contributed by atoms with E-state index in [0.717, 1.165) is 16.0 Å². The molecule has 1 aromatic rings. The summed E-state index contributed by atoms with van der Waals surface area (Å²) in [6.07, 6.45) is 3.39. The van der Waals surface area contributed by atoms with Crippen molar-refractivity contribution >= 4 is 23.6 Å². The summed E-state index contributed by atoms with van der Waals surface area (Å²) in [5.74, 6) is -1.13. The van der Waals surface area contributed by atoms with Crippen LogP contribution >= 0.6 is 0 Å². The second-order valence-electron chi connectivity index (χ2n) is 7.00. The lowest BCUT2D eigenvalue weighted by Gasteiger charge is -2.20. The Balaban J connectivity index is 1.43. The second-order valence-corrected chi connectivity index (χ2v) is 7.00. The number of fused-ring (bicyclic) bond motifs is 4. The van der Waals surface area contributed by atoms with Crippen LogP contribution in [0.25, 0.3) is 0 Å². The van der Waals surface area contributed by atoms with Gasteiger partial charge in [-0.15, -0.1) is 0 Å². The van der Waals surface area contributed by atoms with E-state index in [1.165, 1.54) is 0 Å². The lowest BCUT2D eigenvalue weighted by atomic mass is 10.1. The molecule has 0 aromatic heterocycles. The van der Waals surface area contributed by atoms with Crippen molar-refractivity contribution in [2.24, 2.45) is 0 Å². The van der Waals surface area contributed by atoms with Crippen molar-refractivity contribution in [3.05, 3.63) is 35.4 Å². The Hall–Kier alpha value is -2.50. The average molecular weight is 356 g/mol. The summed E-state index contributed by atoms with van der Waals surface area (Å²) in [4.78, 5) is 51.1. The molecule has 3 aliphatic heterocycles. The van der Waals surface area contributed by atoms with Gasteiger partial charge in [0, 0.05) is 38.8 Å². The zero-order valence-corrected chi connectivity index (χ0v) is 14.9. The standard InChI is InChI=1S/C20H24N2O4/c23-17(21-13-15-9-10-16(14-21)12-11-15)5-1-2-6-18(24)22-19(25)7-3-4-8-20(22)26/h9-12H,1-8,13-14H2. The Bertz CT molecular complexity index is 668. The fraction of sp³-hybridized carbons (Fsp3) is 0.500. The Kier molecular flexibility index (Phi) is 5.81. The van der Waals surface area contributed by atoms with Crippen molar-refractivity contribution in [2.75, 3.05) is 0 Å². The first-order valence-electron chi connectivity index (χ1n) is 9.29. The Labute approximate surface area is 153 Å². The highest BCUT2D eigenvalue weighted by Gasteiger charge is 2.29. The molecule has 0 atom stereocenters. The molecule has 26 heavy (non-hydrogen) atoms. The van der Waals surface area contributed by atoms with E-state index in [0.29, 0.717) is 45.2 Å². The molecule has 0 unspecified atom stereocenters. The molecule has 0 spiro atoms. The number of hydrogen-bond acceptors (Lipinski definition) is 4. The van der Waals surface area contributed by atoms with Crippen LogP contribution in [0.15, 0.2) is 24.3 Å². The van der Waals surface area contributed by atoms with Crippen molar-refractivity contribution in [1.29, 1.82) is 0 Å². The summed E-state index contributed by atoms with van der Waals surface area (Å²) in [6, 6.07) is 8.15. The normalized spacial score (nSPS) is 17.2. The largest absolute Gasteiger partial charge is 0.334 e. The number of imide groups is 3. The van der Waals surface area contributed by atoms with E-state index < -0.39 is 5.91 Å². The maximum absolute atomic E-state index is 12.4. The summed E-state index contributed by atoms with van der Waals surface area (Å²) in [5.41, 5.74) is 2.24. The third-order valence-corrected chi connectivity index (χ3v) is 4.93. The first kappa shape index (κ1) is 18.3. The molecular weight excluding hydrogens is 332 g/mol. The molecule has 138 valence electrons. The Morgan fingerprint density at radius 3 is 1.73 bits per heavy atom. The van der Waals surface area contributed by atoms with E-state index in [4.69, 9.17) is 0 Å². The van der Waals surface area contributed by atoms with Crippen LogP contribution in [0.3, 0.4) is 0 Å². The number of nitrogens with zero attached hydrogens (tertiary/aromatic N) is 2. The Morgan fingerprint density at radius 1 is 0.769 bits per heavy atom. The van der Waals surface area contributed by atoms with Crippen LogP contribution in [0.2, 0.25) is 0 Å². The van der Waals surface area contributed by atoms with E-state index >= 15 is 0 Å². The number of hydrogen-bond donors (Lipinski definition) is 0. The summed E-state index contributed by atoms with van der Waals surface area (Å²) >= 11 is 0. The van der Waals surface area contributed by atoms with Gasteiger partial charge in [0.2, 0.25) is 23.6 Å². The number of amides is 4. The predicted octanol–water partition coefficient (Wildman–Crippen LogP) is 2.55. The lowest BCUT2D eigenvalue weighted by Crippen LogP contribution is -2.40. The SMILES string of the molecule is O=C(CCCCC(=O)N1C(=O)CCCCC1=O)N1Cc2ccc(cc2)C1. The molecule has 6 heteroatoms. The highest BCUT2D eigenvalue weighted by atomic mass is 16.2. The van der Waals surface area contributed by atoms with Gasteiger partial charge in [-0.2, -0.15) is 0 Å². The number of likely N-dealkylation sites (tertiary alicyclic amines) is 1. The van der Waals surface area contributed by atoms with E-state index in [2.05, 4.69) is 0 Å². The quantitative estimate of drug-likeness (QED) is 0.600. The fourth-order valence-electron chi connectivity index (χ4n) is 3.44. The van der Waals surface area contributed by atoms with Gasteiger partial charge in [0.05, 0.1) is 0 Å². The molecule has 3 aliphatic rings. The topological polar surface area (TPSA) is 74.8 Å². The molecule has 0 N–H and O–H groups in total. The predicted molar refractivity (Wildman–Crippen MR) is 94.5 cm³/mol. The van der Waals surface area contributed by atoms with E-state index in [-0.39, 0.29) is 37.0 Å². The molecule has 0 aliphatic carbocycles. The van der Waals surface area contributed by atoms with Crippen LogP contribution in [0.1, 0.15) is 62.5 Å². The van der Waals surface area contributed by atoms with Gasteiger partial charge in [0.1, 0.15) is 0 Å². The van der Waals surface area contributed by atoms with Crippen molar-refractivity contribution in [3.8, 4) is 0 Å². The number of benzene rings is 1. The van der Waals surface area contributed by atoms with Gasteiger partial charge in [0.25, 0.3) is 0 Å². The van der Waals surface area contributed by atoms with E-state index in [1.54, 1.807) is 0 Å². The molecule has 1 fully saturated rings. The number of unbranched alkanes of at least 4 members (excludes halogenated alkanes) is 1. The van der Waals surface area contributed by atoms with Crippen molar-refractivity contribution in [1.82, 2.24) is 9.80 Å². The summed E-state index contributed by atoms with van der Waals surface area (Å²) in [7, 11) is 0. The summed E-state index contributed by atoms with van der Waals surface area (Å²) in [6.45, 7) is 1.23. The maximum Gasteiger partial charge on any atom is 0.236 e. The van der Waals surface area contributed by atoms with Crippen molar-refractivity contribution in [3.63, 3.8) is 0 Å². The number of rotatable bonds is 5. The van der Waals surface area contributed by atoms with E-state index in [1.807, 2.05) is 29.2 Å². The van der Waals surface area contributed by atoms with Gasteiger partial charge >= 0.3 is 0 Å². The zero-order valence-electron chi connectivity index (χ0n) is 14.9. The average Bonchev–Trinajstić information content (AvgIpc) is 3.03. The van der Waals surface area contributed by atoms with Gasteiger partial charge in [-0.25, -0.2) is 4.90 Å². The van der Waals surface area contributed by atoms with Crippen LogP contribution in [0.4, 0.5) is 0 Å². The minimum absolute atomic E-state index is 0.0711. The highest BCUT2D eigenvalue weighted by Crippen LogP contribution is 2.19. The van der Waals surface area contributed by atoms with Gasteiger partial charge in [-0.1, -0.05) is 24.3 Å². The molecule has 6 nitrogen and oxygen atoms in total. The van der Waals surface area contributed by atoms with Crippen molar-refractivity contribution in [2.45, 2.75) is 64.5 Å².